The number of ether oxygens (including phenoxy) is 2. The molecule has 3 fully saturated rings. The average molecular weight is 474 g/mol. The number of carbonyl (C=O) groups excluding carboxylic acids is 2. The number of aromatic amines is 1. The van der Waals surface area contributed by atoms with Crippen molar-refractivity contribution >= 4 is 23.6 Å². The molecule has 4 heterocycles. The first kappa shape index (κ1) is 22.0. The summed E-state index contributed by atoms with van der Waals surface area (Å²) in [6, 6.07) is 3.92. The fourth-order valence-electron chi connectivity index (χ4n) is 5.18. The van der Waals surface area contributed by atoms with Gasteiger partial charge in [-0.15, -0.1) is 22.0 Å². The number of nitrogens with zero attached hydrogens (tertiary/aromatic N) is 5. The Morgan fingerprint density at radius 1 is 1.06 bits per heavy atom. The first-order chi connectivity index (χ1) is 15.6. The number of aromatic nitrogens is 4. The van der Waals surface area contributed by atoms with E-state index in [1.165, 1.54) is 0 Å². The molecule has 176 valence electrons. The van der Waals surface area contributed by atoms with Gasteiger partial charge < -0.3 is 19.3 Å². The Bertz CT molecular complexity index is 1110. The zero-order valence-corrected chi connectivity index (χ0v) is 20.1. The number of fused-ring (bicyclic) bond motifs is 1. The lowest BCUT2D eigenvalue weighted by atomic mass is 9.93. The standard InChI is InChI=1S/C21H27N7O4S/c1-20(2)15(16-23-25-26-24-16)27-18(30)14(19(27)33-20)28-17(29)13(22-21(28,3)4)10-7-8-11(31-5)12(9-10)32-6/h7-9,13-15,19,22H,1-6H3,(H,23,24,25,26)/t13?,14?,15?,19-/m0/s1. The minimum Gasteiger partial charge on any atom is -0.493 e. The van der Waals surface area contributed by atoms with Crippen molar-refractivity contribution in [3.63, 3.8) is 0 Å². The molecule has 11 nitrogen and oxygen atoms in total. The van der Waals surface area contributed by atoms with Crippen LogP contribution < -0.4 is 14.8 Å². The van der Waals surface area contributed by atoms with Crippen LogP contribution in [0, 0.1) is 0 Å². The number of thioether (sulfide) groups is 1. The van der Waals surface area contributed by atoms with Crippen LogP contribution in [0.15, 0.2) is 18.2 Å². The van der Waals surface area contributed by atoms with Crippen LogP contribution in [0.25, 0.3) is 0 Å². The molecular weight excluding hydrogens is 446 g/mol. The Morgan fingerprint density at radius 2 is 1.79 bits per heavy atom. The minimum atomic E-state index is -0.726. The van der Waals surface area contributed by atoms with E-state index in [0.29, 0.717) is 17.3 Å². The maximum absolute atomic E-state index is 13.7. The molecule has 1 aromatic heterocycles. The van der Waals surface area contributed by atoms with E-state index >= 15 is 0 Å². The van der Waals surface area contributed by atoms with Gasteiger partial charge in [0.05, 0.1) is 19.9 Å². The van der Waals surface area contributed by atoms with Gasteiger partial charge in [0.2, 0.25) is 11.8 Å². The lowest BCUT2D eigenvalue weighted by Crippen LogP contribution is -2.71. The van der Waals surface area contributed by atoms with Crippen LogP contribution in [0.4, 0.5) is 0 Å². The second kappa shape index (κ2) is 7.32. The largest absolute Gasteiger partial charge is 0.493 e. The maximum atomic E-state index is 13.7. The van der Waals surface area contributed by atoms with Crippen LogP contribution in [-0.2, 0) is 9.59 Å². The molecule has 0 radical (unpaired) electrons. The molecule has 12 heteroatoms. The Kier molecular flexibility index (Phi) is 4.87. The van der Waals surface area contributed by atoms with Crippen molar-refractivity contribution in [1.82, 2.24) is 35.7 Å². The summed E-state index contributed by atoms with van der Waals surface area (Å²) in [7, 11) is 3.13. The van der Waals surface area contributed by atoms with Crippen LogP contribution in [-0.4, -0.2) is 78.3 Å². The summed E-state index contributed by atoms with van der Waals surface area (Å²) in [5, 5.41) is 17.6. The summed E-state index contributed by atoms with van der Waals surface area (Å²) in [6.45, 7) is 7.96. The summed E-state index contributed by atoms with van der Waals surface area (Å²) >= 11 is 1.66. The highest BCUT2D eigenvalue weighted by atomic mass is 32.2. The number of methoxy groups -OCH3 is 2. The van der Waals surface area contributed by atoms with Gasteiger partial charge in [-0.2, -0.15) is 5.21 Å². The third-order valence-electron chi connectivity index (χ3n) is 6.62. The van der Waals surface area contributed by atoms with Crippen LogP contribution in [0.1, 0.15) is 51.2 Å². The van der Waals surface area contributed by atoms with E-state index in [1.54, 1.807) is 47.9 Å². The van der Waals surface area contributed by atoms with E-state index in [9.17, 15) is 9.59 Å². The molecule has 1 aromatic carbocycles. The van der Waals surface area contributed by atoms with Crippen molar-refractivity contribution in [2.75, 3.05) is 14.2 Å². The topological polar surface area (TPSA) is 126 Å². The van der Waals surface area contributed by atoms with Crippen LogP contribution in [0.5, 0.6) is 11.5 Å². The SMILES string of the molecule is COc1ccc(C2NC(C)(C)N(C3C(=O)N4C(c5nn[nH]n5)C(C)(C)S[C@@H]34)C2=O)cc1OC. The molecule has 3 saturated heterocycles. The van der Waals surface area contributed by atoms with Crippen molar-refractivity contribution < 1.29 is 19.1 Å². The van der Waals surface area contributed by atoms with Gasteiger partial charge in [0.25, 0.3) is 0 Å². The van der Waals surface area contributed by atoms with Gasteiger partial charge >= 0.3 is 0 Å². The lowest BCUT2D eigenvalue weighted by molar-refractivity contribution is -0.165. The van der Waals surface area contributed by atoms with E-state index in [0.717, 1.165) is 5.56 Å². The Labute approximate surface area is 195 Å². The number of H-pyrrole nitrogens is 1. The van der Waals surface area contributed by atoms with Crippen LogP contribution in [0.2, 0.25) is 0 Å². The van der Waals surface area contributed by atoms with E-state index in [1.807, 2.05) is 19.9 Å². The zero-order chi connectivity index (χ0) is 23.7. The monoisotopic (exact) mass is 473 g/mol. The van der Waals surface area contributed by atoms with Crippen molar-refractivity contribution in [1.29, 1.82) is 0 Å². The molecule has 0 saturated carbocycles. The van der Waals surface area contributed by atoms with E-state index in [-0.39, 0.29) is 28.0 Å². The Hall–Kier alpha value is -2.86. The molecule has 0 spiro atoms. The maximum Gasteiger partial charge on any atom is 0.250 e. The highest BCUT2D eigenvalue weighted by molar-refractivity contribution is 8.01. The number of amides is 2. The van der Waals surface area contributed by atoms with Crippen molar-refractivity contribution in [3.8, 4) is 11.5 Å². The lowest BCUT2D eigenvalue weighted by Gasteiger charge is -2.50. The number of rotatable bonds is 5. The van der Waals surface area contributed by atoms with Gasteiger partial charge in [-0.1, -0.05) is 11.3 Å². The molecular formula is C21H27N7O4S. The molecule has 3 aliphatic rings. The molecule has 2 amide bonds. The minimum absolute atomic E-state index is 0.107. The van der Waals surface area contributed by atoms with Gasteiger partial charge in [0, 0.05) is 4.75 Å². The molecule has 3 aliphatic heterocycles. The first-order valence-electron chi connectivity index (χ1n) is 10.7. The molecule has 3 unspecified atom stereocenters. The van der Waals surface area contributed by atoms with Gasteiger partial charge in [0.1, 0.15) is 23.5 Å². The number of carbonyl (C=O) groups is 2. The molecule has 2 aromatic rings. The van der Waals surface area contributed by atoms with Crippen LogP contribution in [0.3, 0.4) is 0 Å². The van der Waals surface area contributed by atoms with Crippen molar-refractivity contribution in [3.05, 3.63) is 29.6 Å². The molecule has 33 heavy (non-hydrogen) atoms. The van der Waals surface area contributed by atoms with Gasteiger partial charge in [-0.25, -0.2) is 0 Å². The van der Waals surface area contributed by atoms with Crippen LogP contribution >= 0.6 is 11.8 Å². The average Bonchev–Trinajstić information content (AvgIpc) is 3.44. The highest BCUT2D eigenvalue weighted by Gasteiger charge is 2.67. The van der Waals surface area contributed by atoms with Gasteiger partial charge in [0.15, 0.2) is 17.3 Å². The smallest absolute Gasteiger partial charge is 0.250 e. The third kappa shape index (κ3) is 3.11. The number of hydrogen-bond donors (Lipinski definition) is 2. The number of β-lactam (4-membered cyclic amide) rings is 1. The third-order valence-corrected chi connectivity index (χ3v) is 8.18. The van der Waals surface area contributed by atoms with E-state index in [4.69, 9.17) is 9.47 Å². The zero-order valence-electron chi connectivity index (χ0n) is 19.3. The molecule has 5 rings (SSSR count). The predicted molar refractivity (Wildman–Crippen MR) is 119 cm³/mol. The van der Waals surface area contributed by atoms with E-state index < -0.39 is 17.7 Å². The molecule has 0 aliphatic carbocycles. The van der Waals surface area contributed by atoms with E-state index in [2.05, 4.69) is 39.8 Å². The van der Waals surface area contributed by atoms with Gasteiger partial charge in [-0.05, 0) is 45.4 Å². The highest BCUT2D eigenvalue weighted by Crippen LogP contribution is 2.58. The molecule has 4 atom stereocenters. The number of nitrogens with one attached hydrogen (secondary N) is 2. The quantitative estimate of drug-likeness (QED) is 0.617. The summed E-state index contributed by atoms with van der Waals surface area (Å²) in [4.78, 5) is 30.6. The van der Waals surface area contributed by atoms with Crippen molar-refractivity contribution in [2.24, 2.45) is 0 Å². The number of tetrazole rings is 1. The summed E-state index contributed by atoms with van der Waals surface area (Å²) < 4.78 is 10.4. The normalized spacial score (nSPS) is 29.8. The van der Waals surface area contributed by atoms with Crippen molar-refractivity contribution in [2.45, 2.75) is 61.6 Å². The second-order valence-corrected chi connectivity index (χ2v) is 11.2. The fourth-order valence-corrected chi connectivity index (χ4v) is 6.85. The molecule has 2 N–H and O–H groups in total. The first-order valence-corrected chi connectivity index (χ1v) is 11.5. The predicted octanol–water partition coefficient (Wildman–Crippen LogP) is 1.23. The fraction of sp³-hybridized carbons (Fsp3) is 0.571. The number of hydrogen-bond acceptors (Lipinski definition) is 9. The Balaban J connectivity index is 1.45. The Morgan fingerprint density at radius 3 is 2.42 bits per heavy atom. The number of benzene rings is 1. The second-order valence-electron chi connectivity index (χ2n) is 9.43. The van der Waals surface area contributed by atoms with Gasteiger partial charge in [-0.3, -0.25) is 14.9 Å². The summed E-state index contributed by atoms with van der Waals surface area (Å²) in [5.74, 6) is 1.36. The summed E-state index contributed by atoms with van der Waals surface area (Å²) in [6.07, 6.45) is 0. The molecule has 0 bridgehead atoms. The summed E-state index contributed by atoms with van der Waals surface area (Å²) in [5.41, 5.74) is 0.0249.